The van der Waals surface area contributed by atoms with E-state index in [1.54, 1.807) is 0 Å². The lowest BCUT2D eigenvalue weighted by atomic mass is 9.95. The second kappa shape index (κ2) is 8.77. The number of aliphatic hydroxyl groups is 2. The lowest BCUT2D eigenvalue weighted by Gasteiger charge is -2.19. The average molecular weight is 228 g/mol. The van der Waals surface area contributed by atoms with Gasteiger partial charge in [-0.1, -0.05) is 38.8 Å². The van der Waals surface area contributed by atoms with E-state index in [-0.39, 0.29) is 6.61 Å². The Morgan fingerprint density at radius 3 is 2.44 bits per heavy atom. The number of hydrogen-bond donors (Lipinski definition) is 2. The van der Waals surface area contributed by atoms with Crippen LogP contribution in [0.15, 0.2) is 12.2 Å². The molecule has 2 heteroatoms. The number of unbranched alkanes of at least 4 members (excludes halogenated alkanes) is 2. The van der Waals surface area contributed by atoms with E-state index in [9.17, 15) is 5.11 Å². The first kappa shape index (κ1) is 15.7. The highest BCUT2D eigenvalue weighted by molar-refractivity contribution is 4.97. The van der Waals surface area contributed by atoms with Gasteiger partial charge in [-0.2, -0.15) is 0 Å². The molecule has 0 fully saturated rings. The summed E-state index contributed by atoms with van der Waals surface area (Å²) in [6.07, 6.45) is 9.81. The molecule has 0 aromatic heterocycles. The molecule has 0 aromatic carbocycles. The Balaban J connectivity index is 3.67. The van der Waals surface area contributed by atoms with E-state index in [4.69, 9.17) is 5.11 Å². The zero-order chi connectivity index (χ0) is 12.4. The molecule has 0 aromatic rings. The summed E-state index contributed by atoms with van der Waals surface area (Å²) in [5.74, 6) is 0.712. The van der Waals surface area contributed by atoms with Crippen LogP contribution in [0.1, 0.15) is 59.3 Å². The van der Waals surface area contributed by atoms with E-state index < -0.39 is 5.60 Å². The van der Waals surface area contributed by atoms with E-state index in [1.807, 2.05) is 19.1 Å². The summed E-state index contributed by atoms with van der Waals surface area (Å²) in [5.41, 5.74) is -0.659. The largest absolute Gasteiger partial charge is 0.396 e. The Hall–Kier alpha value is -0.340. The molecule has 1 atom stereocenters. The molecule has 0 spiro atoms. The Morgan fingerprint density at radius 2 is 1.88 bits per heavy atom. The summed E-state index contributed by atoms with van der Waals surface area (Å²) < 4.78 is 0. The van der Waals surface area contributed by atoms with Crippen LogP contribution in [-0.4, -0.2) is 22.4 Å². The van der Waals surface area contributed by atoms with Gasteiger partial charge >= 0.3 is 0 Å². The van der Waals surface area contributed by atoms with Gasteiger partial charge in [0.15, 0.2) is 0 Å². The standard InChI is InChI=1S/C14H28O2/c1-13(2)9-8-11-14(3,16)10-6-4-5-7-12-15/h6,10,13,15-16H,4-5,7-9,11-12H2,1-3H3. The molecule has 0 radical (unpaired) electrons. The van der Waals surface area contributed by atoms with Gasteiger partial charge in [-0.3, -0.25) is 0 Å². The van der Waals surface area contributed by atoms with Gasteiger partial charge in [-0.05, 0) is 38.5 Å². The van der Waals surface area contributed by atoms with Crippen LogP contribution in [-0.2, 0) is 0 Å². The Bertz CT molecular complexity index is 183. The normalized spacial score (nSPS) is 15.9. The second-order valence-electron chi connectivity index (χ2n) is 5.27. The van der Waals surface area contributed by atoms with Gasteiger partial charge in [0.2, 0.25) is 0 Å². The summed E-state index contributed by atoms with van der Waals surface area (Å²) in [5, 5.41) is 18.7. The van der Waals surface area contributed by atoms with E-state index in [2.05, 4.69) is 13.8 Å². The summed E-state index contributed by atoms with van der Waals surface area (Å²) in [7, 11) is 0. The minimum absolute atomic E-state index is 0.263. The molecule has 0 saturated heterocycles. The first-order valence-electron chi connectivity index (χ1n) is 6.49. The van der Waals surface area contributed by atoms with Gasteiger partial charge in [0, 0.05) is 6.61 Å². The predicted molar refractivity (Wildman–Crippen MR) is 69.4 cm³/mol. The highest BCUT2D eigenvalue weighted by Gasteiger charge is 2.15. The molecule has 0 bridgehead atoms. The quantitative estimate of drug-likeness (QED) is 0.469. The third-order valence-electron chi connectivity index (χ3n) is 2.72. The van der Waals surface area contributed by atoms with Crippen molar-refractivity contribution < 1.29 is 10.2 Å². The van der Waals surface area contributed by atoms with Gasteiger partial charge in [0.25, 0.3) is 0 Å². The van der Waals surface area contributed by atoms with Gasteiger partial charge in [-0.25, -0.2) is 0 Å². The van der Waals surface area contributed by atoms with Crippen molar-refractivity contribution in [1.82, 2.24) is 0 Å². The van der Waals surface area contributed by atoms with Crippen LogP contribution >= 0.6 is 0 Å². The number of aliphatic hydroxyl groups excluding tert-OH is 1. The van der Waals surface area contributed by atoms with Crippen molar-refractivity contribution in [3.05, 3.63) is 12.2 Å². The van der Waals surface area contributed by atoms with Gasteiger partial charge < -0.3 is 10.2 Å². The van der Waals surface area contributed by atoms with E-state index in [0.29, 0.717) is 5.92 Å². The van der Waals surface area contributed by atoms with E-state index >= 15 is 0 Å². The molecule has 0 heterocycles. The van der Waals surface area contributed by atoms with Gasteiger partial charge in [0.1, 0.15) is 0 Å². The topological polar surface area (TPSA) is 40.5 Å². The van der Waals surface area contributed by atoms with Crippen molar-refractivity contribution in [2.45, 2.75) is 64.9 Å². The molecular formula is C14H28O2. The average Bonchev–Trinajstić information content (AvgIpc) is 2.16. The maximum atomic E-state index is 10.0. The molecular weight excluding hydrogens is 200 g/mol. The molecule has 0 rings (SSSR count). The molecule has 16 heavy (non-hydrogen) atoms. The third kappa shape index (κ3) is 10.2. The Labute approximate surface area is 100 Å². The third-order valence-corrected chi connectivity index (χ3v) is 2.72. The monoisotopic (exact) mass is 228 g/mol. The van der Waals surface area contributed by atoms with Crippen molar-refractivity contribution in [2.24, 2.45) is 5.92 Å². The molecule has 0 amide bonds. The number of hydrogen-bond acceptors (Lipinski definition) is 2. The van der Waals surface area contributed by atoms with Crippen LogP contribution in [0, 0.1) is 5.92 Å². The maximum absolute atomic E-state index is 10.0. The lowest BCUT2D eigenvalue weighted by molar-refractivity contribution is 0.0972. The van der Waals surface area contributed by atoms with Crippen LogP contribution in [0.4, 0.5) is 0 Å². The van der Waals surface area contributed by atoms with Crippen molar-refractivity contribution in [3.8, 4) is 0 Å². The number of allylic oxidation sites excluding steroid dienone is 1. The first-order valence-corrected chi connectivity index (χ1v) is 6.49. The smallest absolute Gasteiger partial charge is 0.0799 e. The minimum atomic E-state index is -0.659. The zero-order valence-corrected chi connectivity index (χ0v) is 11.1. The lowest BCUT2D eigenvalue weighted by Crippen LogP contribution is -2.20. The predicted octanol–water partition coefficient (Wildman–Crippen LogP) is 3.28. The summed E-state index contributed by atoms with van der Waals surface area (Å²) in [6, 6.07) is 0. The Kier molecular flexibility index (Phi) is 8.58. The molecule has 1 unspecified atom stereocenters. The van der Waals surface area contributed by atoms with Crippen molar-refractivity contribution in [2.75, 3.05) is 6.61 Å². The van der Waals surface area contributed by atoms with Crippen LogP contribution in [0.5, 0.6) is 0 Å². The Morgan fingerprint density at radius 1 is 1.19 bits per heavy atom. The van der Waals surface area contributed by atoms with Crippen molar-refractivity contribution >= 4 is 0 Å². The van der Waals surface area contributed by atoms with E-state index in [1.165, 1.54) is 6.42 Å². The summed E-state index contributed by atoms with van der Waals surface area (Å²) in [4.78, 5) is 0. The zero-order valence-electron chi connectivity index (χ0n) is 11.1. The fraction of sp³-hybridized carbons (Fsp3) is 0.857. The molecule has 2 nitrogen and oxygen atoms in total. The van der Waals surface area contributed by atoms with Crippen LogP contribution in [0.25, 0.3) is 0 Å². The van der Waals surface area contributed by atoms with Crippen molar-refractivity contribution in [1.29, 1.82) is 0 Å². The fourth-order valence-corrected chi connectivity index (χ4v) is 1.66. The molecule has 0 aliphatic carbocycles. The second-order valence-corrected chi connectivity index (χ2v) is 5.27. The van der Waals surface area contributed by atoms with E-state index in [0.717, 1.165) is 32.1 Å². The first-order chi connectivity index (χ1) is 7.48. The number of rotatable bonds is 9. The maximum Gasteiger partial charge on any atom is 0.0799 e. The van der Waals surface area contributed by atoms with Gasteiger partial charge in [0.05, 0.1) is 5.60 Å². The molecule has 0 aliphatic heterocycles. The van der Waals surface area contributed by atoms with Crippen LogP contribution < -0.4 is 0 Å². The molecule has 0 aliphatic rings. The molecule has 96 valence electrons. The molecule has 2 N–H and O–H groups in total. The highest BCUT2D eigenvalue weighted by Crippen LogP contribution is 2.18. The van der Waals surface area contributed by atoms with Crippen LogP contribution in [0.3, 0.4) is 0 Å². The fourth-order valence-electron chi connectivity index (χ4n) is 1.66. The van der Waals surface area contributed by atoms with Gasteiger partial charge in [-0.15, -0.1) is 0 Å². The summed E-state index contributed by atoms with van der Waals surface area (Å²) >= 11 is 0. The minimum Gasteiger partial charge on any atom is -0.396 e. The van der Waals surface area contributed by atoms with Crippen molar-refractivity contribution in [3.63, 3.8) is 0 Å². The highest BCUT2D eigenvalue weighted by atomic mass is 16.3. The summed E-state index contributed by atoms with van der Waals surface area (Å²) in [6.45, 7) is 6.55. The SMILES string of the molecule is CC(C)CCCC(C)(O)C=CCCCCO. The molecule has 0 saturated carbocycles. The van der Waals surface area contributed by atoms with Crippen LogP contribution in [0.2, 0.25) is 0 Å².